The Balaban J connectivity index is 1.90. The highest BCUT2D eigenvalue weighted by Crippen LogP contribution is 2.27. The number of benzene rings is 1. The number of hydrogen-bond acceptors (Lipinski definition) is 3. The summed E-state index contributed by atoms with van der Waals surface area (Å²) in [4.78, 5) is 11.7. The van der Waals surface area contributed by atoms with Gasteiger partial charge in [-0.3, -0.25) is 0 Å². The molecule has 4 nitrogen and oxygen atoms in total. The summed E-state index contributed by atoms with van der Waals surface area (Å²) < 4.78 is 5.28. The second kappa shape index (κ2) is 6.20. The lowest BCUT2D eigenvalue weighted by molar-refractivity contribution is 0.0502. The van der Waals surface area contributed by atoms with Crippen LogP contribution in [0.1, 0.15) is 45.6 Å². The van der Waals surface area contributed by atoms with Gasteiger partial charge >= 0.3 is 6.09 Å². The quantitative estimate of drug-likeness (QED) is 0.815. The van der Waals surface area contributed by atoms with Crippen molar-refractivity contribution in [3.05, 3.63) is 35.9 Å². The fourth-order valence-corrected chi connectivity index (χ4v) is 2.40. The topological polar surface area (TPSA) is 64.3 Å². The number of rotatable bonds is 2. The minimum absolute atomic E-state index is 0.150. The summed E-state index contributed by atoms with van der Waals surface area (Å²) in [5.41, 5.74) is 8.55. The van der Waals surface area contributed by atoms with Crippen molar-refractivity contribution < 1.29 is 9.53 Å². The number of anilines is 1. The number of nitrogen functional groups attached to an aromatic ring is 1. The zero-order chi connectivity index (χ0) is 15.5. The monoisotopic (exact) mass is 288 g/mol. The fourth-order valence-electron chi connectivity index (χ4n) is 2.40. The van der Waals surface area contributed by atoms with Gasteiger partial charge in [0.2, 0.25) is 0 Å². The molecule has 0 bridgehead atoms. The summed E-state index contributed by atoms with van der Waals surface area (Å²) in [7, 11) is 0. The Morgan fingerprint density at radius 3 is 2.48 bits per heavy atom. The lowest BCUT2D eigenvalue weighted by atomic mass is 9.91. The number of nitrogens with two attached hydrogens (primary N) is 1. The Kier molecular flexibility index (Phi) is 4.56. The molecule has 1 aliphatic carbocycles. The minimum Gasteiger partial charge on any atom is -0.444 e. The van der Waals surface area contributed by atoms with E-state index in [0.717, 1.165) is 24.9 Å². The van der Waals surface area contributed by atoms with E-state index in [0.29, 0.717) is 0 Å². The van der Waals surface area contributed by atoms with Crippen LogP contribution in [0.4, 0.5) is 10.5 Å². The van der Waals surface area contributed by atoms with Crippen LogP contribution in [0, 0.1) is 0 Å². The van der Waals surface area contributed by atoms with Gasteiger partial charge in [0.05, 0.1) is 0 Å². The third-order valence-corrected chi connectivity index (χ3v) is 3.41. The van der Waals surface area contributed by atoms with Crippen LogP contribution in [0.5, 0.6) is 0 Å². The number of allylic oxidation sites excluding steroid dienone is 1. The third-order valence-electron chi connectivity index (χ3n) is 3.41. The summed E-state index contributed by atoms with van der Waals surface area (Å²) >= 11 is 0. The first-order valence-electron chi connectivity index (χ1n) is 7.38. The van der Waals surface area contributed by atoms with E-state index in [1.54, 1.807) is 0 Å². The average Bonchev–Trinajstić information content (AvgIpc) is 2.38. The maximum absolute atomic E-state index is 11.7. The summed E-state index contributed by atoms with van der Waals surface area (Å²) in [6.07, 6.45) is 4.56. The Hall–Kier alpha value is -1.97. The SMILES string of the molecule is CC(C)(C)OC(=O)NC1CC=C(c2ccc(N)cc2)CC1. The smallest absolute Gasteiger partial charge is 0.407 e. The van der Waals surface area contributed by atoms with Crippen LogP contribution < -0.4 is 11.1 Å². The van der Waals surface area contributed by atoms with Crippen LogP contribution in [0.15, 0.2) is 30.3 Å². The van der Waals surface area contributed by atoms with Crippen molar-refractivity contribution in [3.8, 4) is 0 Å². The third kappa shape index (κ3) is 4.81. The molecule has 0 aromatic heterocycles. The van der Waals surface area contributed by atoms with E-state index in [1.807, 2.05) is 45.0 Å². The highest BCUT2D eigenvalue weighted by Gasteiger charge is 2.21. The van der Waals surface area contributed by atoms with Crippen LogP contribution in [0.25, 0.3) is 5.57 Å². The normalized spacial score (nSPS) is 18.8. The highest BCUT2D eigenvalue weighted by molar-refractivity contribution is 5.70. The van der Waals surface area contributed by atoms with Crippen molar-refractivity contribution in [2.75, 3.05) is 5.73 Å². The molecule has 1 unspecified atom stereocenters. The number of alkyl carbamates (subject to hydrolysis) is 1. The summed E-state index contributed by atoms with van der Waals surface area (Å²) in [6.45, 7) is 5.60. The molecule has 0 heterocycles. The molecule has 3 N–H and O–H groups in total. The van der Waals surface area contributed by atoms with E-state index in [1.165, 1.54) is 11.1 Å². The number of hydrogen-bond donors (Lipinski definition) is 2. The van der Waals surface area contributed by atoms with Crippen LogP contribution >= 0.6 is 0 Å². The van der Waals surface area contributed by atoms with Gasteiger partial charge in [-0.2, -0.15) is 0 Å². The molecule has 4 heteroatoms. The van der Waals surface area contributed by atoms with Crippen LogP contribution in [0.3, 0.4) is 0 Å². The van der Waals surface area contributed by atoms with Gasteiger partial charge in [0.25, 0.3) is 0 Å². The summed E-state index contributed by atoms with van der Waals surface area (Å²) in [5.74, 6) is 0. The van der Waals surface area contributed by atoms with E-state index in [2.05, 4.69) is 11.4 Å². The molecule has 0 radical (unpaired) electrons. The van der Waals surface area contributed by atoms with E-state index in [4.69, 9.17) is 10.5 Å². The Morgan fingerprint density at radius 1 is 1.29 bits per heavy atom. The maximum atomic E-state index is 11.7. The molecule has 0 saturated heterocycles. The van der Waals surface area contributed by atoms with Gasteiger partial charge in [-0.05, 0) is 63.3 Å². The Morgan fingerprint density at radius 2 is 1.95 bits per heavy atom. The second-order valence-electron chi connectivity index (χ2n) is 6.47. The summed E-state index contributed by atoms with van der Waals surface area (Å²) in [5, 5.41) is 2.93. The van der Waals surface area contributed by atoms with E-state index in [9.17, 15) is 4.79 Å². The molecule has 1 aromatic rings. The first-order valence-corrected chi connectivity index (χ1v) is 7.38. The molecular formula is C17H24N2O2. The molecule has 0 saturated carbocycles. The highest BCUT2D eigenvalue weighted by atomic mass is 16.6. The number of carbonyl (C=O) groups excluding carboxylic acids is 1. The molecule has 1 amide bonds. The van der Waals surface area contributed by atoms with Gasteiger partial charge < -0.3 is 15.8 Å². The van der Waals surface area contributed by atoms with E-state index >= 15 is 0 Å². The van der Waals surface area contributed by atoms with Crippen molar-refractivity contribution in [2.45, 2.75) is 51.7 Å². The predicted molar refractivity (Wildman–Crippen MR) is 85.8 cm³/mol. The molecule has 21 heavy (non-hydrogen) atoms. The predicted octanol–water partition coefficient (Wildman–Crippen LogP) is 3.73. The van der Waals surface area contributed by atoms with Crippen molar-refractivity contribution >= 4 is 17.4 Å². The lowest BCUT2D eigenvalue weighted by Crippen LogP contribution is -2.39. The zero-order valence-electron chi connectivity index (χ0n) is 13.0. The van der Waals surface area contributed by atoms with Gasteiger partial charge in [0, 0.05) is 11.7 Å². The minimum atomic E-state index is -0.455. The first kappa shape index (κ1) is 15.4. The molecular weight excluding hydrogens is 264 g/mol. The Labute approximate surface area is 126 Å². The first-order chi connectivity index (χ1) is 9.83. The van der Waals surface area contributed by atoms with Crippen molar-refractivity contribution in [3.63, 3.8) is 0 Å². The van der Waals surface area contributed by atoms with Crippen molar-refractivity contribution in [1.82, 2.24) is 5.32 Å². The number of ether oxygens (including phenoxy) is 1. The zero-order valence-corrected chi connectivity index (χ0v) is 13.0. The molecule has 1 aromatic carbocycles. The van der Waals surface area contributed by atoms with Gasteiger partial charge in [0.15, 0.2) is 0 Å². The van der Waals surface area contributed by atoms with Crippen LogP contribution in [-0.2, 0) is 4.74 Å². The Bertz CT molecular complexity index is 527. The average molecular weight is 288 g/mol. The molecule has 1 atom stereocenters. The van der Waals surface area contributed by atoms with Gasteiger partial charge in [-0.15, -0.1) is 0 Å². The van der Waals surface area contributed by atoms with Gasteiger partial charge in [0.1, 0.15) is 5.60 Å². The number of amides is 1. The van der Waals surface area contributed by atoms with E-state index < -0.39 is 5.60 Å². The standard InChI is InChI=1S/C17H24N2O2/c1-17(2,3)21-16(20)19-15-10-6-13(7-11-15)12-4-8-14(18)9-5-12/h4-6,8-9,15H,7,10-11,18H2,1-3H3,(H,19,20). The second-order valence-corrected chi connectivity index (χ2v) is 6.47. The van der Waals surface area contributed by atoms with E-state index in [-0.39, 0.29) is 12.1 Å². The molecule has 0 aliphatic heterocycles. The van der Waals surface area contributed by atoms with Gasteiger partial charge in [-0.1, -0.05) is 18.2 Å². The van der Waals surface area contributed by atoms with Crippen molar-refractivity contribution in [2.24, 2.45) is 0 Å². The van der Waals surface area contributed by atoms with Crippen LogP contribution in [-0.4, -0.2) is 17.7 Å². The number of carbonyl (C=O) groups is 1. The molecule has 0 fully saturated rings. The van der Waals surface area contributed by atoms with Crippen molar-refractivity contribution in [1.29, 1.82) is 0 Å². The fraction of sp³-hybridized carbons (Fsp3) is 0.471. The lowest BCUT2D eigenvalue weighted by Gasteiger charge is -2.26. The maximum Gasteiger partial charge on any atom is 0.407 e. The molecule has 0 spiro atoms. The number of nitrogens with one attached hydrogen (secondary N) is 1. The molecule has 1 aliphatic rings. The van der Waals surface area contributed by atoms with Crippen LogP contribution in [0.2, 0.25) is 0 Å². The molecule has 2 rings (SSSR count). The largest absolute Gasteiger partial charge is 0.444 e. The van der Waals surface area contributed by atoms with Gasteiger partial charge in [-0.25, -0.2) is 4.79 Å². The molecule has 114 valence electrons. The summed E-state index contributed by atoms with van der Waals surface area (Å²) in [6, 6.07) is 8.07.